The van der Waals surface area contributed by atoms with E-state index in [9.17, 15) is 18.4 Å². The molecule has 114 valence electrons. The van der Waals surface area contributed by atoms with E-state index in [1.807, 2.05) is 0 Å². The molecule has 1 aliphatic rings. The van der Waals surface area contributed by atoms with E-state index in [-0.39, 0.29) is 22.5 Å². The second-order valence-electron chi connectivity index (χ2n) is 5.22. The lowest BCUT2D eigenvalue weighted by molar-refractivity contribution is -0.147. The molecule has 2 rings (SSSR count). The molecule has 1 N–H and O–H groups in total. The highest BCUT2D eigenvalue weighted by Gasteiger charge is 2.40. The van der Waals surface area contributed by atoms with Crippen molar-refractivity contribution in [2.24, 2.45) is 0 Å². The monoisotopic (exact) mass is 314 g/mol. The highest BCUT2D eigenvalue weighted by atomic mass is 32.2. The number of benzene rings is 1. The first kappa shape index (κ1) is 15.8. The molecular formula is C14H16F2N2O2S. The molecular weight excluding hydrogens is 298 g/mol. The molecule has 0 aliphatic carbocycles. The number of hydrogen-bond donors (Lipinski definition) is 1. The van der Waals surface area contributed by atoms with Crippen LogP contribution in [0.2, 0.25) is 0 Å². The van der Waals surface area contributed by atoms with E-state index >= 15 is 0 Å². The van der Waals surface area contributed by atoms with Gasteiger partial charge in [-0.15, -0.1) is 11.8 Å². The first-order chi connectivity index (χ1) is 9.82. The van der Waals surface area contributed by atoms with Gasteiger partial charge >= 0.3 is 0 Å². The summed E-state index contributed by atoms with van der Waals surface area (Å²) in [7, 11) is 0. The highest BCUT2D eigenvalue weighted by molar-refractivity contribution is 8.00. The summed E-state index contributed by atoms with van der Waals surface area (Å²) in [5.74, 6) is -1.80. The summed E-state index contributed by atoms with van der Waals surface area (Å²) in [5, 5.41) is 2.70. The van der Waals surface area contributed by atoms with Crippen molar-refractivity contribution < 1.29 is 18.4 Å². The molecule has 1 aromatic carbocycles. The van der Waals surface area contributed by atoms with Gasteiger partial charge < -0.3 is 10.2 Å². The zero-order valence-corrected chi connectivity index (χ0v) is 12.6. The van der Waals surface area contributed by atoms with Crippen LogP contribution in [0.3, 0.4) is 0 Å². The largest absolute Gasteiger partial charge is 0.352 e. The molecule has 2 amide bonds. The van der Waals surface area contributed by atoms with E-state index in [0.29, 0.717) is 13.1 Å². The number of amides is 2. The topological polar surface area (TPSA) is 49.4 Å². The molecule has 7 heteroatoms. The molecule has 0 bridgehead atoms. The minimum absolute atomic E-state index is 0.000732. The summed E-state index contributed by atoms with van der Waals surface area (Å²) in [6.45, 7) is 4.17. The van der Waals surface area contributed by atoms with Crippen LogP contribution < -0.4 is 5.32 Å². The van der Waals surface area contributed by atoms with Crippen molar-refractivity contribution in [3.63, 3.8) is 0 Å². The first-order valence-electron chi connectivity index (χ1n) is 6.49. The van der Waals surface area contributed by atoms with Gasteiger partial charge in [0.25, 0.3) is 0 Å². The molecule has 1 aliphatic heterocycles. The van der Waals surface area contributed by atoms with Crippen LogP contribution in [0.1, 0.15) is 13.8 Å². The number of halogens is 2. The van der Waals surface area contributed by atoms with Crippen molar-refractivity contribution >= 4 is 23.6 Å². The molecule has 0 unspecified atom stereocenters. The lowest BCUT2D eigenvalue weighted by atomic mass is 9.99. The molecule has 4 nitrogen and oxygen atoms in total. The van der Waals surface area contributed by atoms with Gasteiger partial charge in [0.1, 0.15) is 17.2 Å². The minimum atomic E-state index is -0.919. The second kappa shape index (κ2) is 6.01. The summed E-state index contributed by atoms with van der Waals surface area (Å²) >= 11 is 0.995. The van der Waals surface area contributed by atoms with Gasteiger partial charge in [0.2, 0.25) is 11.8 Å². The van der Waals surface area contributed by atoms with Crippen molar-refractivity contribution in [2.45, 2.75) is 24.3 Å². The van der Waals surface area contributed by atoms with Gasteiger partial charge in [0, 0.05) is 24.1 Å². The summed E-state index contributed by atoms with van der Waals surface area (Å²) in [6, 6.07) is 3.23. The van der Waals surface area contributed by atoms with Gasteiger partial charge in [-0.1, -0.05) is 0 Å². The quantitative estimate of drug-likeness (QED) is 0.866. The Morgan fingerprint density at radius 1 is 1.43 bits per heavy atom. The predicted octanol–water partition coefficient (Wildman–Crippen LogP) is 1.79. The Morgan fingerprint density at radius 2 is 2.14 bits per heavy atom. The number of nitrogens with one attached hydrogen (secondary N) is 1. The molecule has 0 saturated carbocycles. The average Bonchev–Trinajstić information content (AvgIpc) is 2.40. The average molecular weight is 314 g/mol. The molecule has 0 radical (unpaired) electrons. The Kier molecular flexibility index (Phi) is 4.51. The van der Waals surface area contributed by atoms with Crippen LogP contribution in [0.15, 0.2) is 23.1 Å². The SMILES string of the molecule is CC1(C)C(=O)NCCN1C(=O)CSc1ccc(F)cc1F. The summed E-state index contributed by atoms with van der Waals surface area (Å²) in [4.78, 5) is 25.7. The van der Waals surface area contributed by atoms with Crippen molar-refractivity contribution in [3.8, 4) is 0 Å². The van der Waals surface area contributed by atoms with Crippen LogP contribution in [-0.4, -0.2) is 41.1 Å². The lowest BCUT2D eigenvalue weighted by Crippen LogP contribution is -2.63. The van der Waals surface area contributed by atoms with Gasteiger partial charge in [0.05, 0.1) is 5.75 Å². The third kappa shape index (κ3) is 3.34. The summed E-state index contributed by atoms with van der Waals surface area (Å²) in [5.41, 5.74) is -0.919. The van der Waals surface area contributed by atoms with Gasteiger partial charge in [-0.2, -0.15) is 0 Å². The number of carbonyl (C=O) groups is 2. The van der Waals surface area contributed by atoms with E-state index in [1.165, 1.54) is 11.0 Å². The fourth-order valence-electron chi connectivity index (χ4n) is 2.15. The summed E-state index contributed by atoms with van der Waals surface area (Å²) < 4.78 is 26.3. The number of rotatable bonds is 3. The molecule has 21 heavy (non-hydrogen) atoms. The Balaban J connectivity index is 2.03. The normalized spacial score (nSPS) is 17.5. The third-order valence-corrected chi connectivity index (χ3v) is 4.43. The van der Waals surface area contributed by atoms with E-state index in [1.54, 1.807) is 13.8 Å². The fraction of sp³-hybridized carbons (Fsp3) is 0.429. The molecule has 0 aromatic heterocycles. The van der Waals surface area contributed by atoms with E-state index in [0.717, 1.165) is 23.9 Å². The molecule has 0 spiro atoms. The Hall–Kier alpha value is -1.63. The molecule has 1 heterocycles. The second-order valence-corrected chi connectivity index (χ2v) is 6.24. The fourth-order valence-corrected chi connectivity index (χ4v) is 2.94. The standard InChI is InChI=1S/C14H16F2N2O2S/c1-14(2)13(20)17-5-6-18(14)12(19)8-21-11-4-3-9(15)7-10(11)16/h3-4,7H,5-6,8H2,1-2H3,(H,17,20). The number of piperazine rings is 1. The number of carbonyl (C=O) groups excluding carboxylic acids is 2. The van der Waals surface area contributed by atoms with Gasteiger partial charge in [0.15, 0.2) is 0 Å². The van der Waals surface area contributed by atoms with Crippen molar-refractivity contribution in [2.75, 3.05) is 18.8 Å². The van der Waals surface area contributed by atoms with Crippen molar-refractivity contribution in [1.29, 1.82) is 0 Å². The number of nitrogens with zero attached hydrogens (tertiary/aromatic N) is 1. The zero-order valence-electron chi connectivity index (χ0n) is 11.8. The Morgan fingerprint density at radius 3 is 2.81 bits per heavy atom. The van der Waals surface area contributed by atoms with Crippen LogP contribution in [0.5, 0.6) is 0 Å². The van der Waals surface area contributed by atoms with Crippen LogP contribution in [0.4, 0.5) is 8.78 Å². The zero-order chi connectivity index (χ0) is 15.6. The van der Waals surface area contributed by atoms with Gasteiger partial charge in [-0.05, 0) is 26.0 Å². The van der Waals surface area contributed by atoms with E-state index in [2.05, 4.69) is 5.32 Å². The maximum atomic E-state index is 13.5. The predicted molar refractivity (Wildman–Crippen MR) is 75.9 cm³/mol. The van der Waals surface area contributed by atoms with E-state index < -0.39 is 17.2 Å². The van der Waals surface area contributed by atoms with Crippen LogP contribution in [0.25, 0.3) is 0 Å². The molecule has 1 saturated heterocycles. The van der Waals surface area contributed by atoms with Crippen LogP contribution in [0, 0.1) is 11.6 Å². The van der Waals surface area contributed by atoms with Crippen LogP contribution >= 0.6 is 11.8 Å². The van der Waals surface area contributed by atoms with Crippen LogP contribution in [-0.2, 0) is 9.59 Å². The minimum Gasteiger partial charge on any atom is -0.352 e. The lowest BCUT2D eigenvalue weighted by Gasteiger charge is -2.41. The van der Waals surface area contributed by atoms with E-state index in [4.69, 9.17) is 0 Å². The highest BCUT2D eigenvalue weighted by Crippen LogP contribution is 2.25. The third-order valence-electron chi connectivity index (χ3n) is 3.40. The number of hydrogen-bond acceptors (Lipinski definition) is 3. The van der Waals surface area contributed by atoms with Gasteiger partial charge in [-0.25, -0.2) is 8.78 Å². The Bertz CT molecular complexity index is 578. The maximum absolute atomic E-state index is 13.5. The maximum Gasteiger partial charge on any atom is 0.245 e. The molecule has 1 fully saturated rings. The summed E-state index contributed by atoms with van der Waals surface area (Å²) in [6.07, 6.45) is 0. The Labute approximate surface area is 125 Å². The van der Waals surface area contributed by atoms with Crippen molar-refractivity contribution in [3.05, 3.63) is 29.8 Å². The van der Waals surface area contributed by atoms with Gasteiger partial charge in [-0.3, -0.25) is 9.59 Å². The first-order valence-corrected chi connectivity index (χ1v) is 7.47. The molecule has 1 aromatic rings. The molecule has 0 atom stereocenters. The van der Waals surface area contributed by atoms with Crippen molar-refractivity contribution in [1.82, 2.24) is 10.2 Å². The number of thioether (sulfide) groups is 1. The smallest absolute Gasteiger partial charge is 0.245 e.